The van der Waals surface area contributed by atoms with Crippen LogP contribution in [0.5, 0.6) is 0 Å². The van der Waals surface area contributed by atoms with Crippen LogP contribution in [0.4, 0.5) is 0 Å². The predicted octanol–water partition coefficient (Wildman–Crippen LogP) is 1.06. The molecule has 0 unspecified atom stereocenters. The lowest BCUT2D eigenvalue weighted by molar-refractivity contribution is 0.605. The summed E-state index contributed by atoms with van der Waals surface area (Å²) < 4.78 is 1.84. The molecule has 0 aliphatic carbocycles. The third-order valence-electron chi connectivity index (χ3n) is 2.31. The highest BCUT2D eigenvalue weighted by Gasteiger charge is 2.06. The van der Waals surface area contributed by atoms with Gasteiger partial charge in [0.15, 0.2) is 5.82 Å². The first kappa shape index (κ1) is 11.2. The zero-order chi connectivity index (χ0) is 11.4. The fourth-order valence-corrected chi connectivity index (χ4v) is 2.42. The first-order valence-electron chi connectivity index (χ1n) is 5.30. The van der Waals surface area contributed by atoms with E-state index in [0.717, 1.165) is 18.8 Å². The van der Waals surface area contributed by atoms with Gasteiger partial charge in [0.25, 0.3) is 0 Å². The van der Waals surface area contributed by atoms with Gasteiger partial charge in [0.2, 0.25) is 0 Å². The quantitative estimate of drug-likeness (QED) is 0.845. The maximum atomic E-state index is 3.99. The van der Waals surface area contributed by atoms with E-state index in [1.165, 1.54) is 9.75 Å². The Bertz CT molecular complexity index is 448. The van der Waals surface area contributed by atoms with Crippen LogP contribution in [0.2, 0.25) is 0 Å². The van der Waals surface area contributed by atoms with Crippen LogP contribution in [0.15, 0.2) is 12.1 Å². The number of hydrogen-bond donors (Lipinski definition) is 1. The number of tetrazole rings is 1. The maximum absolute atomic E-state index is 3.99. The van der Waals surface area contributed by atoms with E-state index in [1.54, 1.807) is 0 Å². The fraction of sp³-hybridized carbons (Fsp3) is 0.500. The van der Waals surface area contributed by atoms with Crippen molar-refractivity contribution in [3.63, 3.8) is 0 Å². The Kier molecular flexibility index (Phi) is 3.63. The van der Waals surface area contributed by atoms with Gasteiger partial charge < -0.3 is 5.32 Å². The van der Waals surface area contributed by atoms with Gasteiger partial charge in [-0.2, -0.15) is 0 Å². The summed E-state index contributed by atoms with van der Waals surface area (Å²) in [5.41, 5.74) is 0. The molecule has 0 aliphatic rings. The van der Waals surface area contributed by atoms with E-state index in [9.17, 15) is 0 Å². The summed E-state index contributed by atoms with van der Waals surface area (Å²) in [5, 5.41) is 14.7. The molecule has 2 rings (SSSR count). The Hall–Kier alpha value is -1.27. The van der Waals surface area contributed by atoms with Gasteiger partial charge in [-0.05, 0) is 36.0 Å². The van der Waals surface area contributed by atoms with Gasteiger partial charge in [-0.3, -0.25) is 0 Å². The molecule has 0 aromatic carbocycles. The zero-order valence-electron chi connectivity index (χ0n) is 9.47. The smallest absolute Gasteiger partial charge is 0.165 e. The van der Waals surface area contributed by atoms with Crippen molar-refractivity contribution in [3.05, 3.63) is 27.7 Å². The molecule has 0 radical (unpaired) electrons. The highest BCUT2D eigenvalue weighted by Crippen LogP contribution is 2.17. The van der Waals surface area contributed by atoms with Crippen molar-refractivity contribution < 1.29 is 0 Å². The van der Waals surface area contributed by atoms with Gasteiger partial charge in [0, 0.05) is 9.75 Å². The van der Waals surface area contributed by atoms with Crippen LogP contribution in [0.1, 0.15) is 22.5 Å². The Balaban J connectivity index is 2.10. The molecule has 1 N–H and O–H groups in total. The van der Waals surface area contributed by atoms with E-state index < -0.39 is 0 Å². The van der Waals surface area contributed by atoms with E-state index in [0.29, 0.717) is 6.54 Å². The summed E-state index contributed by atoms with van der Waals surface area (Å²) in [4.78, 5) is 2.69. The van der Waals surface area contributed by atoms with Crippen molar-refractivity contribution in [2.45, 2.75) is 26.4 Å². The normalized spacial score (nSPS) is 10.9. The van der Waals surface area contributed by atoms with E-state index in [-0.39, 0.29) is 0 Å². The van der Waals surface area contributed by atoms with Crippen molar-refractivity contribution in [1.29, 1.82) is 0 Å². The highest BCUT2D eigenvalue weighted by atomic mass is 32.1. The molecule has 2 aromatic heterocycles. The number of nitrogens with one attached hydrogen (secondary N) is 1. The second-order valence-corrected chi connectivity index (χ2v) is 4.76. The molecule has 0 amide bonds. The zero-order valence-corrected chi connectivity index (χ0v) is 10.3. The van der Waals surface area contributed by atoms with Gasteiger partial charge in [-0.25, -0.2) is 4.68 Å². The van der Waals surface area contributed by atoms with Crippen LogP contribution in [-0.2, 0) is 19.5 Å². The van der Waals surface area contributed by atoms with Crippen LogP contribution in [-0.4, -0.2) is 27.3 Å². The fourth-order valence-electron chi connectivity index (χ4n) is 1.48. The predicted molar refractivity (Wildman–Crippen MR) is 63.4 cm³/mol. The molecule has 0 aliphatic heterocycles. The summed E-state index contributed by atoms with van der Waals surface area (Å²) in [6.07, 6.45) is 1.09. The average molecular weight is 237 g/mol. The molecule has 0 spiro atoms. The summed E-state index contributed by atoms with van der Waals surface area (Å²) in [7, 11) is 1.89. The Labute approximate surface area is 98.5 Å². The molecule has 86 valence electrons. The van der Waals surface area contributed by atoms with Crippen LogP contribution in [0.25, 0.3) is 0 Å². The van der Waals surface area contributed by atoms with Crippen molar-refractivity contribution in [2.75, 3.05) is 7.05 Å². The average Bonchev–Trinajstić information content (AvgIpc) is 2.90. The van der Waals surface area contributed by atoms with E-state index >= 15 is 0 Å². The molecule has 16 heavy (non-hydrogen) atoms. The van der Waals surface area contributed by atoms with Crippen molar-refractivity contribution in [3.8, 4) is 0 Å². The van der Waals surface area contributed by atoms with E-state index in [1.807, 2.05) is 23.1 Å². The number of nitrogens with zero attached hydrogens (tertiary/aromatic N) is 4. The van der Waals surface area contributed by atoms with Crippen LogP contribution < -0.4 is 5.32 Å². The largest absolute Gasteiger partial charge is 0.313 e. The maximum Gasteiger partial charge on any atom is 0.165 e. The first-order valence-corrected chi connectivity index (χ1v) is 6.12. The van der Waals surface area contributed by atoms with E-state index in [4.69, 9.17) is 0 Å². The lowest BCUT2D eigenvalue weighted by atomic mass is 10.3. The number of aromatic nitrogens is 4. The summed E-state index contributed by atoms with van der Waals surface area (Å²) in [5.74, 6) is 0.869. The molecule has 2 aromatic rings. The van der Waals surface area contributed by atoms with Crippen molar-refractivity contribution >= 4 is 11.3 Å². The molecule has 0 fully saturated rings. The Morgan fingerprint density at radius 2 is 2.19 bits per heavy atom. The third-order valence-corrected chi connectivity index (χ3v) is 3.53. The third kappa shape index (κ3) is 2.45. The summed E-state index contributed by atoms with van der Waals surface area (Å²) in [6.45, 7) is 3.62. The molecular formula is C10H15N5S. The molecule has 0 saturated carbocycles. The van der Waals surface area contributed by atoms with Gasteiger partial charge >= 0.3 is 0 Å². The standard InChI is InChI=1S/C10H15N5S/c1-3-8-4-5-9(16-8)7-15-10(6-11-2)12-13-14-15/h4-5,11H,3,6-7H2,1-2H3. The number of rotatable bonds is 5. The van der Waals surface area contributed by atoms with Crippen LogP contribution in [0, 0.1) is 0 Å². The molecule has 2 heterocycles. The first-order chi connectivity index (χ1) is 7.83. The Morgan fingerprint density at radius 1 is 1.38 bits per heavy atom. The molecular weight excluding hydrogens is 222 g/mol. The molecule has 0 bridgehead atoms. The number of aryl methyl sites for hydroxylation is 1. The molecule has 0 saturated heterocycles. The molecule has 0 atom stereocenters. The van der Waals surface area contributed by atoms with E-state index in [2.05, 4.69) is 39.9 Å². The second kappa shape index (κ2) is 5.18. The number of hydrogen-bond acceptors (Lipinski definition) is 5. The molecule has 6 heteroatoms. The summed E-state index contributed by atoms with van der Waals surface area (Å²) >= 11 is 1.82. The van der Waals surface area contributed by atoms with Crippen LogP contribution >= 0.6 is 11.3 Å². The van der Waals surface area contributed by atoms with Gasteiger partial charge in [-0.1, -0.05) is 6.92 Å². The minimum atomic E-state index is 0.693. The van der Waals surface area contributed by atoms with Crippen LogP contribution in [0.3, 0.4) is 0 Å². The lowest BCUT2D eigenvalue weighted by Crippen LogP contribution is -2.13. The molecule has 5 nitrogen and oxygen atoms in total. The monoisotopic (exact) mass is 237 g/mol. The highest BCUT2D eigenvalue weighted by molar-refractivity contribution is 7.11. The van der Waals surface area contributed by atoms with Crippen molar-refractivity contribution in [2.24, 2.45) is 0 Å². The Morgan fingerprint density at radius 3 is 2.88 bits per heavy atom. The van der Waals surface area contributed by atoms with Crippen molar-refractivity contribution in [1.82, 2.24) is 25.5 Å². The van der Waals surface area contributed by atoms with Gasteiger partial charge in [-0.15, -0.1) is 16.4 Å². The topological polar surface area (TPSA) is 55.6 Å². The SMILES string of the molecule is CCc1ccc(Cn2nnnc2CNC)s1. The number of thiophene rings is 1. The minimum Gasteiger partial charge on any atom is -0.313 e. The second-order valence-electron chi connectivity index (χ2n) is 3.50. The minimum absolute atomic E-state index is 0.693. The van der Waals surface area contributed by atoms with Gasteiger partial charge in [0.1, 0.15) is 0 Å². The summed E-state index contributed by atoms with van der Waals surface area (Å²) in [6, 6.07) is 4.32. The lowest BCUT2D eigenvalue weighted by Gasteiger charge is -2.01. The van der Waals surface area contributed by atoms with Gasteiger partial charge in [0.05, 0.1) is 13.1 Å².